The van der Waals surface area contributed by atoms with Gasteiger partial charge in [0.25, 0.3) is 0 Å². The molecule has 0 amide bonds. The van der Waals surface area contributed by atoms with Crippen molar-refractivity contribution in [3.8, 4) is 0 Å². The van der Waals surface area contributed by atoms with Gasteiger partial charge in [0.2, 0.25) is 0 Å². The summed E-state index contributed by atoms with van der Waals surface area (Å²) < 4.78 is 0. The van der Waals surface area contributed by atoms with Crippen LogP contribution in [0.15, 0.2) is 59.0 Å². The number of carboxylic acids is 1. The van der Waals surface area contributed by atoms with Crippen molar-refractivity contribution in [2.75, 3.05) is 39.3 Å². The number of rotatable bonds is 9. The minimum atomic E-state index is -0.770. The molecule has 9 nitrogen and oxygen atoms in total. The number of nitrogens with one attached hydrogen (secondary N) is 1. The molecule has 0 bridgehead atoms. The van der Waals surface area contributed by atoms with Crippen LogP contribution in [-0.2, 0) is 9.63 Å². The third-order valence-electron chi connectivity index (χ3n) is 5.95. The molecule has 4 rings (SSSR count). The molecule has 1 fully saturated rings. The average molecular weight is 451 g/mol. The van der Waals surface area contributed by atoms with Gasteiger partial charge in [-0.25, -0.2) is 0 Å². The SMILES string of the molecule is CC(N/N=C/c1ccc(C2=NOC(CN3CCN(CC(=O)O)CC3)C2)cc1)c1ccncc1. The van der Waals surface area contributed by atoms with Gasteiger partial charge in [0, 0.05) is 51.5 Å². The van der Waals surface area contributed by atoms with Crippen LogP contribution in [0, 0.1) is 0 Å². The lowest BCUT2D eigenvalue weighted by atomic mass is 10.0. The second-order valence-corrected chi connectivity index (χ2v) is 8.45. The van der Waals surface area contributed by atoms with Gasteiger partial charge in [0.05, 0.1) is 24.5 Å². The first-order chi connectivity index (χ1) is 16.1. The van der Waals surface area contributed by atoms with E-state index in [2.05, 4.69) is 32.5 Å². The predicted octanol–water partition coefficient (Wildman–Crippen LogP) is 1.96. The highest BCUT2D eigenvalue weighted by atomic mass is 16.6. The van der Waals surface area contributed by atoms with Crippen molar-refractivity contribution in [1.29, 1.82) is 0 Å². The van der Waals surface area contributed by atoms with E-state index in [9.17, 15) is 4.79 Å². The lowest BCUT2D eigenvalue weighted by Gasteiger charge is -2.34. The molecule has 0 aliphatic carbocycles. The van der Waals surface area contributed by atoms with Crippen LogP contribution in [0.2, 0.25) is 0 Å². The van der Waals surface area contributed by atoms with Gasteiger partial charge in [-0.2, -0.15) is 5.10 Å². The molecule has 0 radical (unpaired) electrons. The molecule has 1 aromatic heterocycles. The summed E-state index contributed by atoms with van der Waals surface area (Å²) in [6.45, 7) is 6.22. The molecule has 2 unspecified atom stereocenters. The summed E-state index contributed by atoms with van der Waals surface area (Å²) in [6.07, 6.45) is 6.16. The first-order valence-corrected chi connectivity index (χ1v) is 11.2. The molecular formula is C24H30N6O3. The van der Waals surface area contributed by atoms with Gasteiger partial charge in [0.1, 0.15) is 6.10 Å². The zero-order chi connectivity index (χ0) is 23.0. The van der Waals surface area contributed by atoms with E-state index < -0.39 is 5.97 Å². The average Bonchev–Trinajstić information content (AvgIpc) is 3.29. The molecule has 1 aromatic carbocycles. The van der Waals surface area contributed by atoms with Gasteiger partial charge < -0.3 is 15.4 Å². The molecule has 0 saturated carbocycles. The zero-order valence-corrected chi connectivity index (χ0v) is 18.8. The molecule has 2 aromatic rings. The Balaban J connectivity index is 1.21. The molecule has 2 aliphatic rings. The number of hydrazone groups is 1. The Kier molecular flexibility index (Phi) is 7.64. The minimum Gasteiger partial charge on any atom is -0.480 e. The van der Waals surface area contributed by atoms with Crippen molar-refractivity contribution in [1.82, 2.24) is 20.2 Å². The van der Waals surface area contributed by atoms with E-state index in [-0.39, 0.29) is 18.7 Å². The Morgan fingerprint density at radius 2 is 1.88 bits per heavy atom. The van der Waals surface area contributed by atoms with Crippen molar-refractivity contribution < 1.29 is 14.7 Å². The van der Waals surface area contributed by atoms with Gasteiger partial charge in [-0.15, -0.1) is 0 Å². The molecule has 9 heteroatoms. The van der Waals surface area contributed by atoms with E-state index in [1.165, 1.54) is 0 Å². The summed E-state index contributed by atoms with van der Waals surface area (Å²) in [7, 11) is 0. The number of pyridine rings is 1. The lowest BCUT2D eigenvalue weighted by molar-refractivity contribution is -0.138. The number of aliphatic carboxylic acids is 1. The third-order valence-corrected chi connectivity index (χ3v) is 5.95. The van der Waals surface area contributed by atoms with Crippen LogP contribution in [-0.4, -0.2) is 83.2 Å². The highest BCUT2D eigenvalue weighted by Gasteiger charge is 2.26. The number of aromatic nitrogens is 1. The van der Waals surface area contributed by atoms with Gasteiger partial charge in [-0.05, 0) is 35.7 Å². The number of benzene rings is 1. The zero-order valence-electron chi connectivity index (χ0n) is 18.8. The highest BCUT2D eigenvalue weighted by Crippen LogP contribution is 2.19. The van der Waals surface area contributed by atoms with Gasteiger partial charge in [-0.3, -0.25) is 19.6 Å². The van der Waals surface area contributed by atoms with E-state index in [0.29, 0.717) is 0 Å². The molecule has 1 saturated heterocycles. The van der Waals surface area contributed by atoms with Crippen LogP contribution in [0.25, 0.3) is 0 Å². The molecule has 33 heavy (non-hydrogen) atoms. The van der Waals surface area contributed by atoms with Crippen LogP contribution in [0.4, 0.5) is 0 Å². The van der Waals surface area contributed by atoms with Gasteiger partial charge >= 0.3 is 5.97 Å². The summed E-state index contributed by atoms with van der Waals surface area (Å²) in [5.41, 5.74) is 7.28. The van der Waals surface area contributed by atoms with Crippen LogP contribution in [0.5, 0.6) is 0 Å². The normalized spacial score (nSPS) is 20.4. The van der Waals surface area contributed by atoms with Crippen LogP contribution >= 0.6 is 0 Å². The highest BCUT2D eigenvalue weighted by molar-refractivity contribution is 6.01. The second kappa shape index (κ2) is 11.0. The number of carboxylic acid groups (broad SMARTS) is 1. The standard InChI is InChI=1S/C24H30N6O3/c1-18(20-6-8-25-9-7-20)27-26-15-19-2-4-21(5-3-19)23-14-22(33-28-23)16-29-10-12-30(13-11-29)17-24(31)32/h2-9,15,18,22,27H,10-14,16-17H2,1H3,(H,31,32)/b26-15+. The topological polar surface area (TPSA) is 103 Å². The van der Waals surface area contributed by atoms with E-state index >= 15 is 0 Å². The number of oxime groups is 1. The minimum absolute atomic E-state index is 0.0335. The number of hydrogen-bond donors (Lipinski definition) is 2. The monoisotopic (exact) mass is 450 g/mol. The Labute approximate surface area is 193 Å². The van der Waals surface area contributed by atoms with Gasteiger partial charge in [-0.1, -0.05) is 29.4 Å². The van der Waals surface area contributed by atoms with Crippen molar-refractivity contribution >= 4 is 17.9 Å². The Morgan fingerprint density at radius 1 is 1.18 bits per heavy atom. The van der Waals surface area contributed by atoms with Crippen molar-refractivity contribution in [3.05, 3.63) is 65.5 Å². The Bertz CT molecular complexity index is 971. The number of nitrogens with zero attached hydrogens (tertiary/aromatic N) is 5. The van der Waals surface area contributed by atoms with Crippen LogP contribution < -0.4 is 5.43 Å². The fourth-order valence-corrected chi connectivity index (χ4v) is 4.02. The molecule has 2 N–H and O–H groups in total. The van der Waals surface area contributed by atoms with Crippen LogP contribution in [0.1, 0.15) is 36.1 Å². The molecule has 2 aliphatic heterocycles. The van der Waals surface area contributed by atoms with E-state index in [0.717, 1.165) is 61.5 Å². The van der Waals surface area contributed by atoms with Gasteiger partial charge in [0.15, 0.2) is 0 Å². The fraction of sp³-hybridized carbons (Fsp3) is 0.417. The molecule has 2 atom stereocenters. The first-order valence-electron chi connectivity index (χ1n) is 11.2. The smallest absolute Gasteiger partial charge is 0.317 e. The van der Waals surface area contributed by atoms with E-state index in [1.807, 2.05) is 41.3 Å². The maximum atomic E-state index is 10.8. The Morgan fingerprint density at radius 3 is 2.58 bits per heavy atom. The summed E-state index contributed by atoms with van der Waals surface area (Å²) in [5, 5.41) is 17.6. The second-order valence-electron chi connectivity index (χ2n) is 8.45. The maximum absolute atomic E-state index is 10.8. The summed E-state index contributed by atoms with van der Waals surface area (Å²) in [6, 6.07) is 12.2. The summed E-state index contributed by atoms with van der Waals surface area (Å²) in [5.74, 6) is -0.770. The van der Waals surface area contributed by atoms with E-state index in [4.69, 9.17) is 9.94 Å². The summed E-state index contributed by atoms with van der Waals surface area (Å²) >= 11 is 0. The van der Waals surface area contributed by atoms with E-state index in [1.54, 1.807) is 18.6 Å². The Hall–Kier alpha value is -3.30. The maximum Gasteiger partial charge on any atom is 0.317 e. The number of hydrogen-bond acceptors (Lipinski definition) is 8. The molecule has 0 spiro atoms. The van der Waals surface area contributed by atoms with Crippen LogP contribution in [0.3, 0.4) is 0 Å². The molecule has 174 valence electrons. The third kappa shape index (κ3) is 6.59. The number of piperazine rings is 1. The van der Waals surface area contributed by atoms with Crippen molar-refractivity contribution in [3.63, 3.8) is 0 Å². The quantitative estimate of drug-likeness (QED) is 0.445. The fourth-order valence-electron chi connectivity index (χ4n) is 4.02. The molecule has 3 heterocycles. The first kappa shape index (κ1) is 22.9. The number of carbonyl (C=O) groups is 1. The molecular weight excluding hydrogens is 420 g/mol. The lowest BCUT2D eigenvalue weighted by Crippen LogP contribution is -2.49. The van der Waals surface area contributed by atoms with Crippen molar-refractivity contribution in [2.24, 2.45) is 10.3 Å². The predicted molar refractivity (Wildman–Crippen MR) is 126 cm³/mol. The summed E-state index contributed by atoms with van der Waals surface area (Å²) in [4.78, 5) is 24.8. The van der Waals surface area contributed by atoms with Crippen molar-refractivity contribution in [2.45, 2.75) is 25.5 Å². The largest absolute Gasteiger partial charge is 0.480 e.